The largest absolute Gasteiger partial charge is 0.355 e. The number of hydrogen-bond acceptors (Lipinski definition) is 1. The van der Waals surface area contributed by atoms with E-state index in [2.05, 4.69) is 68.6 Å². The van der Waals surface area contributed by atoms with Gasteiger partial charge in [-0.2, -0.15) is 0 Å². The van der Waals surface area contributed by atoms with Crippen LogP contribution in [-0.4, -0.2) is 0 Å². The molecule has 0 spiro atoms. The molecule has 2 rings (SSSR count). The summed E-state index contributed by atoms with van der Waals surface area (Å²) in [5.41, 5.74) is 7.04. The molecule has 0 amide bonds. The lowest BCUT2D eigenvalue weighted by Crippen LogP contribution is -1.99. The molecule has 0 radical (unpaired) electrons. The number of para-hydroxylation sites is 1. The smallest absolute Gasteiger partial charge is 0.0416 e. The van der Waals surface area contributed by atoms with Crippen molar-refractivity contribution in [3.05, 3.63) is 59.2 Å². The maximum atomic E-state index is 3.80. The fraction of sp³-hybridized carbons (Fsp3) is 0.600. The van der Waals surface area contributed by atoms with Crippen LogP contribution in [0.15, 0.2) is 42.5 Å². The third kappa shape index (κ3) is 10.4. The van der Waals surface area contributed by atoms with Crippen LogP contribution in [0.1, 0.15) is 115 Å². The minimum atomic E-state index is 1.17. The lowest BCUT2D eigenvalue weighted by Gasteiger charge is -2.15. The molecule has 0 aliphatic rings. The van der Waals surface area contributed by atoms with Crippen molar-refractivity contribution < 1.29 is 0 Å². The molecule has 0 aliphatic heterocycles. The second-order valence-electron chi connectivity index (χ2n) is 9.25. The van der Waals surface area contributed by atoms with Crippen LogP contribution >= 0.6 is 0 Å². The molecule has 2 aromatic rings. The Morgan fingerprint density at radius 1 is 0.548 bits per heavy atom. The predicted octanol–water partition coefficient (Wildman–Crippen LogP) is 9.80. The molecule has 0 atom stereocenters. The van der Waals surface area contributed by atoms with Gasteiger partial charge in [0.1, 0.15) is 0 Å². The third-order valence-corrected chi connectivity index (χ3v) is 6.29. The van der Waals surface area contributed by atoms with E-state index in [-0.39, 0.29) is 0 Å². The SMILES string of the molecule is CCCCCCc1cc(CCCCCC)cc(Nc2ccccc2CCCCCC)c1. The molecule has 1 N–H and O–H groups in total. The van der Waals surface area contributed by atoms with E-state index >= 15 is 0 Å². The Balaban J connectivity index is 2.10. The average Bonchev–Trinajstić information content (AvgIpc) is 2.78. The number of aryl methyl sites for hydroxylation is 3. The van der Waals surface area contributed by atoms with E-state index < -0.39 is 0 Å². The molecular formula is C30H47N. The van der Waals surface area contributed by atoms with Gasteiger partial charge in [0.05, 0.1) is 0 Å². The van der Waals surface area contributed by atoms with E-state index in [0.717, 1.165) is 0 Å². The Labute approximate surface area is 193 Å². The molecule has 0 heterocycles. The van der Waals surface area contributed by atoms with Crippen molar-refractivity contribution in [1.29, 1.82) is 0 Å². The normalized spacial score (nSPS) is 11.1. The Morgan fingerprint density at radius 2 is 1.06 bits per heavy atom. The van der Waals surface area contributed by atoms with Crippen LogP contribution in [0.5, 0.6) is 0 Å². The van der Waals surface area contributed by atoms with Gasteiger partial charge in [0.25, 0.3) is 0 Å². The number of nitrogens with one attached hydrogen (secondary N) is 1. The summed E-state index contributed by atoms with van der Waals surface area (Å²) in [6, 6.07) is 16.2. The van der Waals surface area contributed by atoms with E-state index in [1.54, 1.807) is 0 Å². The van der Waals surface area contributed by atoms with Crippen molar-refractivity contribution in [3.63, 3.8) is 0 Å². The minimum Gasteiger partial charge on any atom is -0.355 e. The Hall–Kier alpha value is -1.76. The quantitative estimate of drug-likeness (QED) is 0.251. The van der Waals surface area contributed by atoms with Crippen LogP contribution in [0.2, 0.25) is 0 Å². The van der Waals surface area contributed by atoms with E-state index in [1.807, 2.05) is 0 Å². The van der Waals surface area contributed by atoms with Gasteiger partial charge >= 0.3 is 0 Å². The molecule has 0 saturated carbocycles. The summed E-state index contributed by atoms with van der Waals surface area (Å²) in [6.45, 7) is 6.86. The highest BCUT2D eigenvalue weighted by molar-refractivity contribution is 5.64. The van der Waals surface area contributed by atoms with Gasteiger partial charge in [-0.3, -0.25) is 0 Å². The summed E-state index contributed by atoms with van der Waals surface area (Å²) in [4.78, 5) is 0. The number of anilines is 2. The van der Waals surface area contributed by atoms with Crippen LogP contribution in [-0.2, 0) is 19.3 Å². The monoisotopic (exact) mass is 421 g/mol. The molecule has 1 nitrogen and oxygen atoms in total. The molecule has 172 valence electrons. The number of benzene rings is 2. The molecule has 0 bridgehead atoms. The highest BCUT2D eigenvalue weighted by atomic mass is 14.9. The summed E-state index contributed by atoms with van der Waals surface area (Å²) in [5, 5.41) is 3.80. The highest BCUT2D eigenvalue weighted by Crippen LogP contribution is 2.26. The summed E-state index contributed by atoms with van der Waals surface area (Å²) in [5.74, 6) is 0. The predicted molar refractivity (Wildman–Crippen MR) is 140 cm³/mol. The first kappa shape index (κ1) is 25.5. The number of rotatable bonds is 17. The van der Waals surface area contributed by atoms with E-state index in [4.69, 9.17) is 0 Å². The first-order valence-corrected chi connectivity index (χ1v) is 13.2. The second kappa shape index (κ2) is 16.0. The van der Waals surface area contributed by atoms with Gasteiger partial charge in [-0.1, -0.05) is 103 Å². The maximum Gasteiger partial charge on any atom is 0.0416 e. The fourth-order valence-electron chi connectivity index (χ4n) is 4.39. The second-order valence-corrected chi connectivity index (χ2v) is 9.25. The molecule has 0 aliphatic carbocycles. The van der Waals surface area contributed by atoms with Gasteiger partial charge in [0.15, 0.2) is 0 Å². The molecule has 0 saturated heterocycles. The van der Waals surface area contributed by atoms with Crippen molar-refractivity contribution in [1.82, 2.24) is 0 Å². The van der Waals surface area contributed by atoms with Gasteiger partial charge in [-0.15, -0.1) is 0 Å². The van der Waals surface area contributed by atoms with Crippen molar-refractivity contribution in [3.8, 4) is 0 Å². The summed E-state index contributed by atoms with van der Waals surface area (Å²) in [6.07, 6.45) is 19.5. The van der Waals surface area contributed by atoms with Gasteiger partial charge < -0.3 is 5.32 Å². The van der Waals surface area contributed by atoms with Crippen molar-refractivity contribution in [2.45, 2.75) is 117 Å². The molecule has 0 aromatic heterocycles. The van der Waals surface area contributed by atoms with Gasteiger partial charge in [-0.25, -0.2) is 0 Å². The minimum absolute atomic E-state index is 1.17. The topological polar surface area (TPSA) is 12.0 Å². The van der Waals surface area contributed by atoms with E-state index in [1.165, 1.54) is 124 Å². The number of hydrogen-bond donors (Lipinski definition) is 1. The summed E-state index contributed by atoms with van der Waals surface area (Å²) < 4.78 is 0. The molecular weight excluding hydrogens is 374 g/mol. The van der Waals surface area contributed by atoms with Crippen molar-refractivity contribution >= 4 is 11.4 Å². The Morgan fingerprint density at radius 3 is 1.61 bits per heavy atom. The van der Waals surface area contributed by atoms with Crippen LogP contribution in [0.4, 0.5) is 11.4 Å². The van der Waals surface area contributed by atoms with Crippen molar-refractivity contribution in [2.75, 3.05) is 5.32 Å². The van der Waals surface area contributed by atoms with Gasteiger partial charge in [0.2, 0.25) is 0 Å². The van der Waals surface area contributed by atoms with Crippen molar-refractivity contribution in [2.24, 2.45) is 0 Å². The average molecular weight is 422 g/mol. The lowest BCUT2D eigenvalue weighted by molar-refractivity contribution is 0.661. The molecule has 0 fully saturated rings. The maximum absolute atomic E-state index is 3.80. The zero-order valence-electron chi connectivity index (χ0n) is 20.6. The van der Waals surface area contributed by atoms with E-state index in [0.29, 0.717) is 0 Å². The van der Waals surface area contributed by atoms with E-state index in [9.17, 15) is 0 Å². The standard InChI is InChI=1S/C30H47N/c1-4-7-10-13-18-26-23-27(19-14-11-8-5-2)25-29(24-26)31-30-22-17-16-21-28(30)20-15-12-9-6-3/h16-17,21-25,31H,4-15,18-20H2,1-3H3. The first-order chi connectivity index (χ1) is 15.3. The summed E-state index contributed by atoms with van der Waals surface area (Å²) >= 11 is 0. The highest BCUT2D eigenvalue weighted by Gasteiger charge is 2.06. The lowest BCUT2D eigenvalue weighted by atomic mass is 9.99. The Bertz CT molecular complexity index is 688. The van der Waals surface area contributed by atoms with Crippen LogP contribution < -0.4 is 5.32 Å². The zero-order chi connectivity index (χ0) is 22.2. The molecule has 0 unspecified atom stereocenters. The Kier molecular flexibility index (Phi) is 13.1. The van der Waals surface area contributed by atoms with Gasteiger partial charge in [-0.05, 0) is 73.4 Å². The molecule has 1 heteroatoms. The zero-order valence-corrected chi connectivity index (χ0v) is 20.6. The third-order valence-electron chi connectivity index (χ3n) is 6.29. The van der Waals surface area contributed by atoms with Crippen LogP contribution in [0.3, 0.4) is 0 Å². The fourth-order valence-corrected chi connectivity index (χ4v) is 4.39. The summed E-state index contributed by atoms with van der Waals surface area (Å²) in [7, 11) is 0. The van der Waals surface area contributed by atoms with Crippen LogP contribution in [0.25, 0.3) is 0 Å². The molecule has 2 aromatic carbocycles. The van der Waals surface area contributed by atoms with Crippen LogP contribution in [0, 0.1) is 0 Å². The molecule has 31 heavy (non-hydrogen) atoms. The van der Waals surface area contributed by atoms with Gasteiger partial charge in [0, 0.05) is 11.4 Å². The first-order valence-electron chi connectivity index (χ1n) is 13.2. The number of unbranched alkanes of at least 4 members (excludes halogenated alkanes) is 9.